The van der Waals surface area contributed by atoms with Gasteiger partial charge in [0.2, 0.25) is 0 Å². The van der Waals surface area contributed by atoms with Gasteiger partial charge in [0, 0.05) is 12.3 Å². The molecular formula is C14H19NO4S. The number of carboxylic acid groups (broad SMARTS) is 1. The number of aliphatic carboxylic acids is 1. The fourth-order valence-electron chi connectivity index (χ4n) is 1.40. The topological polar surface area (TPSA) is 75.6 Å². The number of thioether (sulfide) groups is 1. The summed E-state index contributed by atoms with van der Waals surface area (Å²) >= 11 is 1.57. The van der Waals surface area contributed by atoms with Crippen LogP contribution in [0.2, 0.25) is 0 Å². The Morgan fingerprint density at radius 1 is 1.20 bits per heavy atom. The Labute approximate surface area is 122 Å². The zero-order valence-corrected chi connectivity index (χ0v) is 12.0. The van der Waals surface area contributed by atoms with Crippen molar-refractivity contribution >= 4 is 23.8 Å². The van der Waals surface area contributed by atoms with Gasteiger partial charge < -0.3 is 15.2 Å². The van der Waals surface area contributed by atoms with Crippen LogP contribution in [0.1, 0.15) is 18.4 Å². The van der Waals surface area contributed by atoms with E-state index in [9.17, 15) is 9.59 Å². The molecule has 0 aliphatic carbocycles. The average Bonchev–Trinajstić information content (AvgIpc) is 2.45. The monoisotopic (exact) mass is 297 g/mol. The Hall–Kier alpha value is -1.69. The molecule has 0 saturated carbocycles. The van der Waals surface area contributed by atoms with Gasteiger partial charge >= 0.3 is 12.1 Å². The number of hydrogen-bond acceptors (Lipinski definition) is 4. The summed E-state index contributed by atoms with van der Waals surface area (Å²) in [5.41, 5.74) is 0.951. The van der Waals surface area contributed by atoms with Crippen molar-refractivity contribution < 1.29 is 19.4 Å². The molecule has 5 nitrogen and oxygen atoms in total. The van der Waals surface area contributed by atoms with Crippen LogP contribution in [0.3, 0.4) is 0 Å². The fraction of sp³-hybridized carbons (Fsp3) is 0.429. The van der Waals surface area contributed by atoms with E-state index in [-0.39, 0.29) is 13.0 Å². The maximum atomic E-state index is 11.4. The van der Waals surface area contributed by atoms with Crippen molar-refractivity contribution in [3.63, 3.8) is 0 Å². The molecule has 110 valence electrons. The van der Waals surface area contributed by atoms with Crippen LogP contribution in [0.5, 0.6) is 0 Å². The SMILES string of the molecule is O=C(O)CCSCCCNC(=O)OCc1ccccc1. The molecule has 0 saturated heterocycles. The largest absolute Gasteiger partial charge is 0.481 e. The van der Waals surface area contributed by atoms with Crippen LogP contribution >= 0.6 is 11.8 Å². The normalized spacial score (nSPS) is 10.0. The van der Waals surface area contributed by atoms with Crippen LogP contribution in [0.25, 0.3) is 0 Å². The lowest BCUT2D eigenvalue weighted by molar-refractivity contribution is -0.136. The van der Waals surface area contributed by atoms with Crippen LogP contribution in [-0.2, 0) is 16.1 Å². The Morgan fingerprint density at radius 3 is 2.65 bits per heavy atom. The number of nitrogens with one attached hydrogen (secondary N) is 1. The minimum Gasteiger partial charge on any atom is -0.481 e. The van der Waals surface area contributed by atoms with Crippen molar-refractivity contribution in [3.8, 4) is 0 Å². The van der Waals surface area contributed by atoms with Crippen LogP contribution < -0.4 is 5.32 Å². The van der Waals surface area contributed by atoms with Gasteiger partial charge in [0.25, 0.3) is 0 Å². The van der Waals surface area contributed by atoms with Gasteiger partial charge in [0.05, 0.1) is 6.42 Å². The Kier molecular flexibility index (Phi) is 8.30. The van der Waals surface area contributed by atoms with E-state index in [2.05, 4.69) is 5.32 Å². The lowest BCUT2D eigenvalue weighted by Gasteiger charge is -2.06. The number of amides is 1. The Bertz CT molecular complexity index is 411. The second-order valence-corrected chi connectivity index (χ2v) is 5.32. The van der Waals surface area contributed by atoms with Crippen molar-refractivity contribution in [2.24, 2.45) is 0 Å². The lowest BCUT2D eigenvalue weighted by Crippen LogP contribution is -2.25. The molecule has 0 fully saturated rings. The number of carboxylic acids is 1. The van der Waals surface area contributed by atoms with E-state index in [0.29, 0.717) is 12.3 Å². The van der Waals surface area contributed by atoms with Gasteiger partial charge in [-0.3, -0.25) is 4.79 Å². The zero-order chi connectivity index (χ0) is 14.6. The minimum absolute atomic E-state index is 0.178. The molecule has 1 aromatic carbocycles. The summed E-state index contributed by atoms with van der Waals surface area (Å²) in [7, 11) is 0. The summed E-state index contributed by atoms with van der Waals surface area (Å²) in [4.78, 5) is 21.7. The van der Waals surface area contributed by atoms with Crippen LogP contribution in [0.15, 0.2) is 30.3 Å². The summed E-state index contributed by atoms with van der Waals surface area (Å²) in [6.45, 7) is 0.799. The number of hydrogen-bond donors (Lipinski definition) is 2. The molecule has 0 spiro atoms. The number of benzene rings is 1. The highest BCUT2D eigenvalue weighted by molar-refractivity contribution is 7.99. The molecule has 0 unspecified atom stereocenters. The molecule has 0 heterocycles. The van der Waals surface area contributed by atoms with Crippen LogP contribution in [-0.4, -0.2) is 35.2 Å². The average molecular weight is 297 g/mol. The maximum absolute atomic E-state index is 11.4. The van der Waals surface area contributed by atoms with E-state index < -0.39 is 12.1 Å². The quantitative estimate of drug-likeness (QED) is 0.685. The van der Waals surface area contributed by atoms with Crippen LogP contribution in [0, 0.1) is 0 Å². The molecule has 20 heavy (non-hydrogen) atoms. The summed E-state index contributed by atoms with van der Waals surface area (Å²) < 4.78 is 5.05. The molecule has 0 aliphatic rings. The summed E-state index contributed by atoms with van der Waals surface area (Å²) in [5.74, 6) is 0.653. The molecule has 6 heteroatoms. The third kappa shape index (κ3) is 8.42. The molecule has 1 rings (SSSR count). The molecule has 0 aromatic heterocycles. The first kappa shape index (κ1) is 16.4. The van der Waals surface area contributed by atoms with Gasteiger partial charge in [0.1, 0.15) is 6.61 Å². The highest BCUT2D eigenvalue weighted by atomic mass is 32.2. The second-order valence-electron chi connectivity index (χ2n) is 4.10. The first-order chi connectivity index (χ1) is 9.68. The highest BCUT2D eigenvalue weighted by Gasteiger charge is 2.02. The third-order valence-electron chi connectivity index (χ3n) is 2.41. The van der Waals surface area contributed by atoms with E-state index in [1.165, 1.54) is 0 Å². The van der Waals surface area contributed by atoms with Crippen molar-refractivity contribution in [1.29, 1.82) is 0 Å². The van der Waals surface area contributed by atoms with Gasteiger partial charge in [-0.2, -0.15) is 11.8 Å². The minimum atomic E-state index is -0.778. The number of ether oxygens (including phenoxy) is 1. The van der Waals surface area contributed by atoms with E-state index in [1.54, 1.807) is 11.8 Å². The number of rotatable bonds is 9. The molecule has 1 amide bonds. The molecule has 0 aliphatic heterocycles. The van der Waals surface area contributed by atoms with Crippen molar-refractivity contribution in [2.45, 2.75) is 19.4 Å². The summed E-state index contributed by atoms with van der Waals surface area (Å²) in [5, 5.41) is 11.1. The lowest BCUT2D eigenvalue weighted by atomic mass is 10.2. The highest BCUT2D eigenvalue weighted by Crippen LogP contribution is 2.04. The van der Waals surface area contributed by atoms with Gasteiger partial charge in [-0.05, 0) is 17.7 Å². The smallest absolute Gasteiger partial charge is 0.407 e. The Morgan fingerprint density at radius 2 is 1.95 bits per heavy atom. The van der Waals surface area contributed by atoms with Crippen molar-refractivity contribution in [1.82, 2.24) is 5.32 Å². The molecular weight excluding hydrogens is 278 g/mol. The number of alkyl carbamates (subject to hydrolysis) is 1. The first-order valence-corrected chi connectivity index (χ1v) is 7.58. The maximum Gasteiger partial charge on any atom is 0.407 e. The predicted octanol–water partition coefficient (Wildman–Crippen LogP) is 2.51. The van der Waals surface area contributed by atoms with E-state index in [1.807, 2.05) is 30.3 Å². The standard InChI is InChI=1S/C14H19NO4S/c16-13(17)7-10-20-9-4-8-15-14(18)19-11-12-5-2-1-3-6-12/h1-3,5-6H,4,7-11H2,(H,15,18)(H,16,17). The fourth-order valence-corrected chi connectivity index (χ4v) is 2.27. The van der Waals surface area contributed by atoms with Gasteiger partial charge in [0.15, 0.2) is 0 Å². The zero-order valence-electron chi connectivity index (χ0n) is 11.2. The number of carbonyl (C=O) groups excluding carboxylic acids is 1. The third-order valence-corrected chi connectivity index (χ3v) is 3.48. The van der Waals surface area contributed by atoms with E-state index in [4.69, 9.17) is 9.84 Å². The summed E-state index contributed by atoms with van der Waals surface area (Å²) in [6, 6.07) is 9.49. The van der Waals surface area contributed by atoms with E-state index >= 15 is 0 Å². The molecule has 2 N–H and O–H groups in total. The molecule has 0 atom stereocenters. The van der Waals surface area contributed by atoms with Crippen LogP contribution in [0.4, 0.5) is 4.79 Å². The van der Waals surface area contributed by atoms with Gasteiger partial charge in [-0.25, -0.2) is 4.79 Å². The first-order valence-electron chi connectivity index (χ1n) is 6.42. The molecule has 0 radical (unpaired) electrons. The Balaban J connectivity index is 1.96. The van der Waals surface area contributed by atoms with Crippen molar-refractivity contribution in [3.05, 3.63) is 35.9 Å². The van der Waals surface area contributed by atoms with E-state index in [0.717, 1.165) is 17.7 Å². The summed E-state index contributed by atoms with van der Waals surface area (Å²) in [6.07, 6.45) is 0.548. The number of carbonyl (C=O) groups is 2. The predicted molar refractivity (Wildman–Crippen MR) is 78.8 cm³/mol. The molecule has 1 aromatic rings. The van der Waals surface area contributed by atoms with Gasteiger partial charge in [-0.15, -0.1) is 0 Å². The second kappa shape index (κ2) is 10.1. The molecule has 0 bridgehead atoms. The van der Waals surface area contributed by atoms with Crippen molar-refractivity contribution in [2.75, 3.05) is 18.1 Å². The van der Waals surface area contributed by atoms with Gasteiger partial charge in [-0.1, -0.05) is 30.3 Å².